The number of fused-ring (bicyclic) bond motifs is 1. The van der Waals surface area contributed by atoms with Crippen molar-refractivity contribution in [2.45, 2.75) is 26.8 Å². The van der Waals surface area contributed by atoms with E-state index >= 15 is 0 Å². The second kappa shape index (κ2) is 4.46. The minimum absolute atomic E-state index is 0.489. The van der Waals surface area contributed by atoms with Gasteiger partial charge in [0.2, 0.25) is 5.95 Å². The highest BCUT2D eigenvalue weighted by molar-refractivity contribution is 5.83. The standard InChI is InChI=1S/C13H16N4/c1-3-9(2)8-17-11-6-4-5-10(7-14)12(11)16-13(17)15/h4-6,9H,3,8H2,1-2H3,(H2,15,16). The first kappa shape index (κ1) is 11.5. The van der Waals surface area contributed by atoms with Crippen LogP contribution in [0.1, 0.15) is 25.8 Å². The first-order chi connectivity index (χ1) is 8.17. The van der Waals surface area contributed by atoms with Gasteiger partial charge in [0.15, 0.2) is 0 Å². The number of para-hydroxylation sites is 1. The highest BCUT2D eigenvalue weighted by Gasteiger charge is 2.12. The van der Waals surface area contributed by atoms with Crippen molar-refractivity contribution >= 4 is 17.0 Å². The van der Waals surface area contributed by atoms with Crippen LogP contribution in [0.15, 0.2) is 18.2 Å². The summed E-state index contributed by atoms with van der Waals surface area (Å²) >= 11 is 0. The number of anilines is 1. The van der Waals surface area contributed by atoms with Gasteiger partial charge >= 0.3 is 0 Å². The lowest BCUT2D eigenvalue weighted by atomic mass is 10.1. The molecule has 0 amide bonds. The van der Waals surface area contributed by atoms with E-state index in [1.54, 1.807) is 6.07 Å². The second-order valence-corrected chi connectivity index (χ2v) is 4.38. The molecule has 2 aromatic rings. The summed E-state index contributed by atoms with van der Waals surface area (Å²) in [7, 11) is 0. The van der Waals surface area contributed by atoms with Crippen molar-refractivity contribution in [1.29, 1.82) is 5.26 Å². The summed E-state index contributed by atoms with van der Waals surface area (Å²) in [6, 6.07) is 7.74. The van der Waals surface area contributed by atoms with E-state index in [-0.39, 0.29) is 0 Å². The third-order valence-electron chi connectivity index (χ3n) is 3.12. The largest absolute Gasteiger partial charge is 0.369 e. The van der Waals surface area contributed by atoms with Crippen molar-refractivity contribution in [1.82, 2.24) is 9.55 Å². The topological polar surface area (TPSA) is 67.6 Å². The monoisotopic (exact) mass is 228 g/mol. The summed E-state index contributed by atoms with van der Waals surface area (Å²) in [4.78, 5) is 4.29. The lowest BCUT2D eigenvalue weighted by Crippen LogP contribution is -2.09. The molecule has 4 heteroatoms. The molecule has 0 spiro atoms. The van der Waals surface area contributed by atoms with Crippen molar-refractivity contribution in [3.63, 3.8) is 0 Å². The van der Waals surface area contributed by atoms with Gasteiger partial charge in [0.05, 0.1) is 11.1 Å². The zero-order valence-corrected chi connectivity index (χ0v) is 10.1. The van der Waals surface area contributed by atoms with Gasteiger partial charge in [0.1, 0.15) is 11.6 Å². The van der Waals surface area contributed by atoms with Crippen LogP contribution in [-0.4, -0.2) is 9.55 Å². The predicted molar refractivity (Wildman–Crippen MR) is 68.3 cm³/mol. The van der Waals surface area contributed by atoms with Crippen LogP contribution in [0.2, 0.25) is 0 Å². The van der Waals surface area contributed by atoms with Gasteiger partial charge in [-0.05, 0) is 18.1 Å². The summed E-state index contributed by atoms with van der Waals surface area (Å²) in [5.41, 5.74) is 8.15. The molecule has 1 unspecified atom stereocenters. The second-order valence-electron chi connectivity index (χ2n) is 4.38. The minimum Gasteiger partial charge on any atom is -0.369 e. The quantitative estimate of drug-likeness (QED) is 0.877. The van der Waals surface area contributed by atoms with Crippen LogP contribution in [0.4, 0.5) is 5.95 Å². The summed E-state index contributed by atoms with van der Waals surface area (Å²) in [5, 5.41) is 9.02. The van der Waals surface area contributed by atoms with E-state index in [2.05, 4.69) is 24.9 Å². The molecule has 0 bridgehead atoms. The molecule has 1 aromatic heterocycles. The SMILES string of the molecule is CCC(C)Cn1c(N)nc2c(C#N)cccc21. The molecule has 1 atom stereocenters. The van der Waals surface area contributed by atoms with E-state index in [9.17, 15) is 0 Å². The normalized spacial score (nSPS) is 12.5. The number of rotatable bonds is 3. The van der Waals surface area contributed by atoms with Crippen molar-refractivity contribution in [3.05, 3.63) is 23.8 Å². The maximum Gasteiger partial charge on any atom is 0.201 e. The van der Waals surface area contributed by atoms with Gasteiger partial charge in [-0.25, -0.2) is 4.98 Å². The summed E-state index contributed by atoms with van der Waals surface area (Å²) < 4.78 is 1.99. The number of hydrogen-bond donors (Lipinski definition) is 1. The Balaban J connectivity index is 2.57. The first-order valence-electron chi connectivity index (χ1n) is 5.82. The number of benzene rings is 1. The lowest BCUT2D eigenvalue weighted by Gasteiger charge is -2.11. The highest BCUT2D eigenvalue weighted by atomic mass is 15.2. The maximum atomic E-state index is 9.02. The average molecular weight is 228 g/mol. The number of nitrogens with zero attached hydrogens (tertiary/aromatic N) is 3. The number of aromatic nitrogens is 2. The molecule has 0 saturated carbocycles. The van der Waals surface area contributed by atoms with Crippen LogP contribution < -0.4 is 5.73 Å². The van der Waals surface area contributed by atoms with Crippen molar-refractivity contribution < 1.29 is 0 Å². The van der Waals surface area contributed by atoms with Crippen LogP contribution in [0, 0.1) is 17.2 Å². The average Bonchev–Trinajstić information content (AvgIpc) is 2.66. The van der Waals surface area contributed by atoms with E-state index < -0.39 is 0 Å². The molecule has 0 radical (unpaired) electrons. The molecule has 0 fully saturated rings. The molecule has 0 aliphatic rings. The van der Waals surface area contributed by atoms with Gasteiger partial charge in [0, 0.05) is 6.54 Å². The maximum absolute atomic E-state index is 9.02. The molecule has 2 rings (SSSR count). The Kier molecular flexibility index (Phi) is 3.01. The van der Waals surface area contributed by atoms with E-state index in [1.165, 1.54) is 0 Å². The number of nitrogens with two attached hydrogens (primary N) is 1. The molecule has 2 N–H and O–H groups in total. The van der Waals surface area contributed by atoms with Crippen LogP contribution >= 0.6 is 0 Å². The van der Waals surface area contributed by atoms with Gasteiger partial charge in [0.25, 0.3) is 0 Å². The van der Waals surface area contributed by atoms with Crippen LogP contribution in [-0.2, 0) is 6.54 Å². The van der Waals surface area contributed by atoms with E-state index in [1.807, 2.05) is 16.7 Å². The summed E-state index contributed by atoms with van der Waals surface area (Å²) in [6.45, 7) is 5.17. The Morgan fingerprint density at radius 2 is 2.29 bits per heavy atom. The van der Waals surface area contributed by atoms with Crippen molar-refractivity contribution in [2.75, 3.05) is 5.73 Å². The fourth-order valence-corrected chi connectivity index (χ4v) is 1.89. The third-order valence-corrected chi connectivity index (χ3v) is 3.12. The first-order valence-corrected chi connectivity index (χ1v) is 5.82. The molecule has 0 saturated heterocycles. The van der Waals surface area contributed by atoms with Gasteiger partial charge in [-0.1, -0.05) is 26.3 Å². The Morgan fingerprint density at radius 1 is 1.53 bits per heavy atom. The summed E-state index contributed by atoms with van der Waals surface area (Å²) in [6.07, 6.45) is 1.09. The van der Waals surface area contributed by atoms with Gasteiger partial charge in [-0.3, -0.25) is 0 Å². The molecule has 1 aromatic carbocycles. The fourth-order valence-electron chi connectivity index (χ4n) is 1.89. The Morgan fingerprint density at radius 3 is 2.94 bits per heavy atom. The molecule has 4 nitrogen and oxygen atoms in total. The summed E-state index contributed by atoms with van der Waals surface area (Å²) in [5.74, 6) is 1.03. The highest BCUT2D eigenvalue weighted by Crippen LogP contribution is 2.22. The van der Waals surface area contributed by atoms with Crippen molar-refractivity contribution in [2.24, 2.45) is 5.92 Å². The smallest absolute Gasteiger partial charge is 0.201 e. The molecular formula is C13H16N4. The van der Waals surface area contributed by atoms with E-state index in [0.717, 1.165) is 18.5 Å². The number of imidazole rings is 1. The number of nitrogen functional groups attached to an aromatic ring is 1. The zero-order valence-electron chi connectivity index (χ0n) is 10.1. The molecule has 1 heterocycles. The van der Waals surface area contributed by atoms with Crippen LogP contribution in [0.3, 0.4) is 0 Å². The third kappa shape index (κ3) is 1.96. The molecular weight excluding hydrogens is 212 g/mol. The van der Waals surface area contributed by atoms with Gasteiger partial charge < -0.3 is 10.3 Å². The van der Waals surface area contributed by atoms with Crippen molar-refractivity contribution in [3.8, 4) is 6.07 Å². The number of hydrogen-bond acceptors (Lipinski definition) is 3. The molecule has 88 valence electrons. The molecule has 0 aliphatic carbocycles. The van der Waals surface area contributed by atoms with Crippen LogP contribution in [0.25, 0.3) is 11.0 Å². The van der Waals surface area contributed by atoms with Crippen LogP contribution in [0.5, 0.6) is 0 Å². The predicted octanol–water partition coefficient (Wildman–Crippen LogP) is 2.54. The molecule has 0 aliphatic heterocycles. The Hall–Kier alpha value is -2.02. The lowest BCUT2D eigenvalue weighted by molar-refractivity contribution is 0.479. The zero-order chi connectivity index (χ0) is 12.4. The van der Waals surface area contributed by atoms with Gasteiger partial charge in [-0.2, -0.15) is 5.26 Å². The Labute approximate surface area is 101 Å². The Bertz CT molecular complexity index is 577. The number of nitriles is 1. The minimum atomic E-state index is 0.489. The van der Waals surface area contributed by atoms with Gasteiger partial charge in [-0.15, -0.1) is 0 Å². The fraction of sp³-hybridized carbons (Fsp3) is 0.385. The molecule has 17 heavy (non-hydrogen) atoms. The van der Waals surface area contributed by atoms with E-state index in [0.29, 0.717) is 22.9 Å². The van der Waals surface area contributed by atoms with E-state index in [4.69, 9.17) is 11.0 Å².